The SMILES string of the molecule is O=C(CSc1ccc(NC(=O)/C(=C/c2ccc(F)cc2)NC(=O)c2ccccc2)cc1)Nc1nccs1. The van der Waals surface area contributed by atoms with E-state index in [9.17, 15) is 18.8 Å². The predicted octanol–water partition coefficient (Wildman–Crippen LogP) is 5.42. The quantitative estimate of drug-likeness (QED) is 0.197. The van der Waals surface area contributed by atoms with Crippen LogP contribution in [0.15, 0.2) is 101 Å². The molecule has 4 rings (SSSR count). The third-order valence-electron chi connectivity index (χ3n) is 4.87. The molecule has 0 radical (unpaired) electrons. The molecule has 1 heterocycles. The van der Waals surface area contributed by atoms with Crippen LogP contribution in [0.4, 0.5) is 15.2 Å². The minimum Gasteiger partial charge on any atom is -0.321 e. The Labute approximate surface area is 220 Å². The number of thioether (sulfide) groups is 1. The maximum Gasteiger partial charge on any atom is 0.272 e. The summed E-state index contributed by atoms with van der Waals surface area (Å²) in [6, 6.07) is 21.0. The van der Waals surface area contributed by atoms with E-state index in [-0.39, 0.29) is 17.4 Å². The Kier molecular flexibility index (Phi) is 8.79. The molecular formula is C27H21FN4O3S2. The molecule has 0 aliphatic heterocycles. The van der Waals surface area contributed by atoms with Gasteiger partial charge in [0.25, 0.3) is 11.8 Å². The van der Waals surface area contributed by atoms with Crippen LogP contribution in [0.2, 0.25) is 0 Å². The van der Waals surface area contributed by atoms with Gasteiger partial charge in [0.05, 0.1) is 5.75 Å². The van der Waals surface area contributed by atoms with Gasteiger partial charge in [-0.05, 0) is 60.2 Å². The fourth-order valence-corrected chi connectivity index (χ4v) is 4.33. The fourth-order valence-electron chi connectivity index (χ4n) is 3.09. The van der Waals surface area contributed by atoms with Crippen LogP contribution in [0.25, 0.3) is 6.08 Å². The van der Waals surface area contributed by atoms with Crippen molar-refractivity contribution < 1.29 is 18.8 Å². The highest BCUT2D eigenvalue weighted by Gasteiger charge is 2.15. The van der Waals surface area contributed by atoms with Gasteiger partial charge in [0.1, 0.15) is 11.5 Å². The first-order valence-corrected chi connectivity index (χ1v) is 12.9. The molecule has 3 N–H and O–H groups in total. The summed E-state index contributed by atoms with van der Waals surface area (Å²) in [5.41, 5.74) is 1.43. The molecule has 0 saturated heterocycles. The summed E-state index contributed by atoms with van der Waals surface area (Å²) in [5.74, 6) is -1.36. The second-order valence-corrected chi connectivity index (χ2v) is 9.53. The lowest BCUT2D eigenvalue weighted by atomic mass is 10.1. The number of hydrogen-bond donors (Lipinski definition) is 3. The molecule has 1 aromatic heterocycles. The van der Waals surface area contributed by atoms with Gasteiger partial charge < -0.3 is 16.0 Å². The van der Waals surface area contributed by atoms with E-state index in [1.807, 2.05) is 0 Å². The Morgan fingerprint density at radius 1 is 0.919 bits per heavy atom. The predicted molar refractivity (Wildman–Crippen MR) is 145 cm³/mol. The first-order valence-electron chi connectivity index (χ1n) is 11.0. The van der Waals surface area contributed by atoms with Crippen LogP contribution in [0.5, 0.6) is 0 Å². The topological polar surface area (TPSA) is 100 Å². The van der Waals surface area contributed by atoms with Gasteiger partial charge in [-0.1, -0.05) is 30.3 Å². The molecule has 186 valence electrons. The average molecular weight is 533 g/mol. The number of nitrogens with one attached hydrogen (secondary N) is 3. The number of benzene rings is 3. The summed E-state index contributed by atoms with van der Waals surface area (Å²) in [6.07, 6.45) is 3.09. The smallest absolute Gasteiger partial charge is 0.272 e. The summed E-state index contributed by atoms with van der Waals surface area (Å²) in [5, 5.41) is 10.5. The van der Waals surface area contributed by atoms with Crippen LogP contribution in [0.1, 0.15) is 15.9 Å². The third-order valence-corrected chi connectivity index (χ3v) is 6.57. The van der Waals surface area contributed by atoms with E-state index >= 15 is 0 Å². The van der Waals surface area contributed by atoms with Crippen molar-refractivity contribution >= 4 is 57.7 Å². The summed E-state index contributed by atoms with van der Waals surface area (Å²) in [7, 11) is 0. The normalized spacial score (nSPS) is 11.0. The molecule has 0 aliphatic carbocycles. The van der Waals surface area contributed by atoms with Crippen molar-refractivity contribution in [3.63, 3.8) is 0 Å². The molecule has 4 aromatic rings. The van der Waals surface area contributed by atoms with E-state index in [1.165, 1.54) is 53.4 Å². The van der Waals surface area contributed by atoms with Crippen molar-refractivity contribution in [2.75, 3.05) is 16.4 Å². The molecule has 0 unspecified atom stereocenters. The van der Waals surface area contributed by atoms with E-state index in [0.29, 0.717) is 21.9 Å². The standard InChI is InChI=1S/C27H21FN4O3S2/c28-20-8-6-18(7-9-20)16-23(31-25(34)19-4-2-1-3-5-19)26(35)30-21-10-12-22(13-11-21)37-17-24(33)32-27-29-14-15-36-27/h1-16H,17H2,(H,30,35)(H,31,34)(H,29,32,33)/b23-16-. The molecule has 7 nitrogen and oxygen atoms in total. The van der Waals surface area contributed by atoms with Gasteiger partial charge in [-0.15, -0.1) is 23.1 Å². The van der Waals surface area contributed by atoms with Crippen LogP contribution >= 0.6 is 23.1 Å². The molecule has 0 spiro atoms. The molecule has 3 aromatic carbocycles. The zero-order valence-electron chi connectivity index (χ0n) is 19.3. The van der Waals surface area contributed by atoms with Crippen LogP contribution in [-0.2, 0) is 9.59 Å². The molecule has 0 aliphatic rings. The number of halogens is 1. The Morgan fingerprint density at radius 2 is 1.65 bits per heavy atom. The molecule has 0 saturated carbocycles. The lowest BCUT2D eigenvalue weighted by Crippen LogP contribution is -2.30. The summed E-state index contributed by atoms with van der Waals surface area (Å²) in [4.78, 5) is 42.7. The van der Waals surface area contributed by atoms with E-state index < -0.39 is 17.6 Å². The number of thiazole rings is 1. The highest BCUT2D eigenvalue weighted by molar-refractivity contribution is 8.00. The number of amides is 3. The maximum atomic E-state index is 13.3. The number of nitrogens with zero attached hydrogens (tertiary/aromatic N) is 1. The summed E-state index contributed by atoms with van der Waals surface area (Å²) in [6.45, 7) is 0. The first-order chi connectivity index (χ1) is 18.0. The zero-order chi connectivity index (χ0) is 26.0. The van der Waals surface area contributed by atoms with E-state index in [4.69, 9.17) is 0 Å². The van der Waals surface area contributed by atoms with Gasteiger partial charge in [0.15, 0.2) is 5.13 Å². The van der Waals surface area contributed by atoms with Gasteiger partial charge in [0, 0.05) is 27.7 Å². The number of carbonyl (C=O) groups excluding carboxylic acids is 3. The molecule has 10 heteroatoms. The zero-order valence-corrected chi connectivity index (χ0v) is 20.9. The van der Waals surface area contributed by atoms with Crippen molar-refractivity contribution in [2.45, 2.75) is 4.90 Å². The van der Waals surface area contributed by atoms with Gasteiger partial charge in [-0.25, -0.2) is 9.37 Å². The maximum absolute atomic E-state index is 13.3. The Bertz CT molecular complexity index is 1390. The number of anilines is 2. The van der Waals surface area contributed by atoms with E-state index in [2.05, 4.69) is 20.9 Å². The van der Waals surface area contributed by atoms with Crippen LogP contribution in [-0.4, -0.2) is 28.5 Å². The highest BCUT2D eigenvalue weighted by atomic mass is 32.2. The first kappa shape index (κ1) is 25.8. The molecular weight excluding hydrogens is 511 g/mol. The monoisotopic (exact) mass is 532 g/mol. The molecule has 37 heavy (non-hydrogen) atoms. The van der Waals surface area contributed by atoms with Gasteiger partial charge in [-0.3, -0.25) is 14.4 Å². The molecule has 3 amide bonds. The van der Waals surface area contributed by atoms with Crippen molar-refractivity contribution in [3.8, 4) is 0 Å². The Balaban J connectivity index is 1.41. The highest BCUT2D eigenvalue weighted by Crippen LogP contribution is 2.21. The third kappa shape index (κ3) is 7.86. The minimum absolute atomic E-state index is 0.00206. The van der Waals surface area contributed by atoms with Gasteiger partial charge in [0.2, 0.25) is 5.91 Å². The van der Waals surface area contributed by atoms with Crippen molar-refractivity contribution in [2.24, 2.45) is 0 Å². The summed E-state index contributed by atoms with van der Waals surface area (Å²) < 4.78 is 13.3. The van der Waals surface area contributed by atoms with E-state index in [1.54, 1.807) is 66.2 Å². The lowest BCUT2D eigenvalue weighted by molar-refractivity contribution is -0.114. The lowest BCUT2D eigenvalue weighted by Gasteiger charge is -2.12. The fraction of sp³-hybridized carbons (Fsp3) is 0.0370. The van der Waals surface area contributed by atoms with Crippen molar-refractivity contribution in [3.05, 3.63) is 113 Å². The number of aromatic nitrogens is 1. The van der Waals surface area contributed by atoms with Crippen LogP contribution < -0.4 is 16.0 Å². The second-order valence-electron chi connectivity index (χ2n) is 7.58. The summed E-state index contributed by atoms with van der Waals surface area (Å²) >= 11 is 2.69. The number of carbonyl (C=O) groups is 3. The number of rotatable bonds is 9. The van der Waals surface area contributed by atoms with Crippen LogP contribution in [0.3, 0.4) is 0 Å². The van der Waals surface area contributed by atoms with Gasteiger partial charge in [-0.2, -0.15) is 0 Å². The Hall–Kier alpha value is -4.28. The van der Waals surface area contributed by atoms with Crippen LogP contribution in [0, 0.1) is 5.82 Å². The van der Waals surface area contributed by atoms with Gasteiger partial charge >= 0.3 is 0 Å². The largest absolute Gasteiger partial charge is 0.321 e. The second kappa shape index (κ2) is 12.6. The van der Waals surface area contributed by atoms with Crippen molar-refractivity contribution in [1.82, 2.24) is 10.3 Å². The average Bonchev–Trinajstić information content (AvgIpc) is 3.42. The van der Waals surface area contributed by atoms with Crippen molar-refractivity contribution in [1.29, 1.82) is 0 Å². The molecule has 0 fully saturated rings. The van der Waals surface area contributed by atoms with E-state index in [0.717, 1.165) is 4.90 Å². The Morgan fingerprint density at radius 3 is 2.32 bits per heavy atom. The number of hydrogen-bond acceptors (Lipinski definition) is 6. The molecule has 0 atom stereocenters. The molecule has 0 bridgehead atoms. The minimum atomic E-state index is -0.545.